The third-order valence-electron chi connectivity index (χ3n) is 3.35. The summed E-state index contributed by atoms with van der Waals surface area (Å²) in [5.74, 6) is 0.143. The number of benzene rings is 2. The van der Waals surface area contributed by atoms with Crippen LogP contribution >= 0.6 is 0 Å². The zero-order valence-corrected chi connectivity index (χ0v) is 13.8. The summed E-state index contributed by atoms with van der Waals surface area (Å²) in [6.45, 7) is 2.99. The van der Waals surface area contributed by atoms with E-state index in [0.717, 1.165) is 11.3 Å². The number of nitrogens with zero attached hydrogens (tertiary/aromatic N) is 2. The monoisotopic (exact) mass is 314 g/mol. The number of anilines is 1. The van der Waals surface area contributed by atoms with Crippen molar-refractivity contribution in [2.75, 3.05) is 19.4 Å². The maximum Gasteiger partial charge on any atom is 0.193 e. The molecule has 0 unspecified atom stereocenters. The SMILES string of the molecule is Cc1ccc(NC(N)=NCc2ccc(F)c(CN(C)C)c2)cc1. The molecule has 5 heteroatoms. The lowest BCUT2D eigenvalue weighted by atomic mass is 10.1. The Bertz CT molecular complexity index is 678. The summed E-state index contributed by atoms with van der Waals surface area (Å²) < 4.78 is 13.7. The summed E-state index contributed by atoms with van der Waals surface area (Å²) in [7, 11) is 3.82. The van der Waals surface area contributed by atoms with Gasteiger partial charge in [0.25, 0.3) is 0 Å². The van der Waals surface area contributed by atoms with Crippen molar-refractivity contribution in [2.24, 2.45) is 10.7 Å². The number of aliphatic imine (C=N–C) groups is 1. The average Bonchev–Trinajstić information content (AvgIpc) is 2.50. The van der Waals surface area contributed by atoms with Gasteiger partial charge in [0.2, 0.25) is 0 Å². The fraction of sp³-hybridized carbons (Fsp3) is 0.278. The molecule has 0 aliphatic rings. The summed E-state index contributed by atoms with van der Waals surface area (Å²) in [5.41, 5.74) is 9.56. The summed E-state index contributed by atoms with van der Waals surface area (Å²) >= 11 is 0. The Balaban J connectivity index is 2.02. The number of guanidine groups is 1. The van der Waals surface area contributed by atoms with E-state index in [1.165, 1.54) is 11.6 Å². The number of hydrogen-bond donors (Lipinski definition) is 2. The fourth-order valence-electron chi connectivity index (χ4n) is 2.19. The van der Waals surface area contributed by atoms with Gasteiger partial charge < -0.3 is 16.0 Å². The molecule has 0 spiro atoms. The number of halogens is 1. The van der Waals surface area contributed by atoms with Crippen LogP contribution in [0.25, 0.3) is 0 Å². The van der Waals surface area contributed by atoms with E-state index >= 15 is 0 Å². The van der Waals surface area contributed by atoms with Gasteiger partial charge in [-0.15, -0.1) is 0 Å². The number of hydrogen-bond acceptors (Lipinski definition) is 2. The Morgan fingerprint density at radius 3 is 2.52 bits per heavy atom. The molecule has 23 heavy (non-hydrogen) atoms. The van der Waals surface area contributed by atoms with Gasteiger partial charge in [-0.2, -0.15) is 0 Å². The lowest BCUT2D eigenvalue weighted by Gasteiger charge is -2.11. The van der Waals surface area contributed by atoms with Crippen LogP contribution in [0.4, 0.5) is 10.1 Å². The van der Waals surface area contributed by atoms with Crippen molar-refractivity contribution in [1.82, 2.24) is 4.90 Å². The topological polar surface area (TPSA) is 53.6 Å². The van der Waals surface area contributed by atoms with Crippen LogP contribution < -0.4 is 11.1 Å². The summed E-state index contributed by atoms with van der Waals surface area (Å²) in [6.07, 6.45) is 0. The molecular weight excluding hydrogens is 291 g/mol. The maximum atomic E-state index is 13.7. The molecule has 0 atom stereocenters. The van der Waals surface area contributed by atoms with E-state index in [0.29, 0.717) is 24.6 Å². The van der Waals surface area contributed by atoms with Gasteiger partial charge in [-0.25, -0.2) is 9.38 Å². The molecule has 2 aromatic rings. The van der Waals surface area contributed by atoms with Crippen molar-refractivity contribution in [1.29, 1.82) is 0 Å². The molecule has 4 nitrogen and oxygen atoms in total. The van der Waals surface area contributed by atoms with Gasteiger partial charge in [0.1, 0.15) is 5.82 Å². The lowest BCUT2D eigenvalue weighted by Crippen LogP contribution is -2.22. The van der Waals surface area contributed by atoms with Gasteiger partial charge in [-0.05, 0) is 50.8 Å². The molecule has 0 amide bonds. The third-order valence-corrected chi connectivity index (χ3v) is 3.35. The summed E-state index contributed by atoms with van der Waals surface area (Å²) in [5, 5.41) is 3.04. The molecule has 0 bridgehead atoms. The van der Waals surface area contributed by atoms with Crippen LogP contribution in [0, 0.1) is 12.7 Å². The minimum Gasteiger partial charge on any atom is -0.370 e. The Morgan fingerprint density at radius 2 is 1.87 bits per heavy atom. The molecule has 0 saturated carbocycles. The zero-order chi connectivity index (χ0) is 16.8. The Labute approximate surface area is 136 Å². The van der Waals surface area contributed by atoms with Crippen LogP contribution in [0.15, 0.2) is 47.5 Å². The second-order valence-corrected chi connectivity index (χ2v) is 5.86. The van der Waals surface area contributed by atoms with E-state index in [4.69, 9.17) is 5.73 Å². The highest BCUT2D eigenvalue weighted by molar-refractivity contribution is 5.92. The molecule has 0 radical (unpaired) electrons. The first kappa shape index (κ1) is 17.0. The first-order valence-corrected chi connectivity index (χ1v) is 7.49. The minimum absolute atomic E-state index is 0.197. The Kier molecular flexibility index (Phi) is 5.71. The number of rotatable bonds is 5. The molecule has 0 heterocycles. The highest BCUT2D eigenvalue weighted by atomic mass is 19.1. The Hall–Kier alpha value is -2.40. The van der Waals surface area contributed by atoms with Crippen molar-refractivity contribution >= 4 is 11.6 Å². The second-order valence-electron chi connectivity index (χ2n) is 5.86. The second kappa shape index (κ2) is 7.74. The molecule has 0 aromatic heterocycles. The van der Waals surface area contributed by atoms with E-state index in [1.54, 1.807) is 6.07 Å². The Morgan fingerprint density at radius 1 is 1.17 bits per heavy atom. The normalized spacial score (nSPS) is 11.8. The molecule has 2 rings (SSSR count). The zero-order valence-electron chi connectivity index (χ0n) is 13.8. The predicted octanol–water partition coefficient (Wildman–Crippen LogP) is 3.12. The largest absolute Gasteiger partial charge is 0.370 e. The van der Waals surface area contributed by atoms with Gasteiger partial charge >= 0.3 is 0 Å². The quantitative estimate of drug-likeness (QED) is 0.658. The number of aryl methyl sites for hydroxylation is 1. The molecule has 0 fully saturated rings. The van der Waals surface area contributed by atoms with E-state index in [9.17, 15) is 4.39 Å². The van der Waals surface area contributed by atoms with Crippen molar-refractivity contribution in [3.63, 3.8) is 0 Å². The molecule has 0 aliphatic carbocycles. The fourth-order valence-corrected chi connectivity index (χ4v) is 2.19. The summed E-state index contributed by atoms with van der Waals surface area (Å²) in [4.78, 5) is 6.24. The van der Waals surface area contributed by atoms with Gasteiger partial charge in [-0.1, -0.05) is 23.8 Å². The predicted molar refractivity (Wildman–Crippen MR) is 93.9 cm³/mol. The first-order chi connectivity index (χ1) is 10.9. The van der Waals surface area contributed by atoms with Crippen LogP contribution in [-0.2, 0) is 13.1 Å². The van der Waals surface area contributed by atoms with Crippen LogP contribution in [-0.4, -0.2) is 25.0 Å². The highest BCUT2D eigenvalue weighted by Gasteiger charge is 2.05. The van der Waals surface area contributed by atoms with Crippen molar-refractivity contribution in [2.45, 2.75) is 20.0 Å². The lowest BCUT2D eigenvalue weighted by molar-refractivity contribution is 0.392. The molecule has 2 aromatic carbocycles. The van der Waals surface area contributed by atoms with Crippen LogP contribution in [0.2, 0.25) is 0 Å². The van der Waals surface area contributed by atoms with Crippen molar-refractivity contribution in [3.8, 4) is 0 Å². The third kappa shape index (κ3) is 5.38. The minimum atomic E-state index is -0.197. The number of nitrogens with two attached hydrogens (primary N) is 1. The van der Waals surface area contributed by atoms with Crippen molar-refractivity contribution < 1.29 is 4.39 Å². The molecular formula is C18H23FN4. The van der Waals surface area contributed by atoms with Gasteiger partial charge in [0.05, 0.1) is 6.54 Å². The van der Waals surface area contributed by atoms with E-state index < -0.39 is 0 Å². The smallest absolute Gasteiger partial charge is 0.193 e. The van der Waals surface area contributed by atoms with Gasteiger partial charge in [-0.3, -0.25) is 0 Å². The van der Waals surface area contributed by atoms with Gasteiger partial charge in [0, 0.05) is 17.8 Å². The van der Waals surface area contributed by atoms with Gasteiger partial charge in [0.15, 0.2) is 5.96 Å². The first-order valence-electron chi connectivity index (χ1n) is 7.49. The standard InChI is InChI=1S/C18H23FN4/c1-13-4-7-16(8-5-13)22-18(20)21-11-14-6-9-17(19)15(10-14)12-23(2)3/h4-10H,11-12H2,1-3H3,(H3,20,21,22). The van der Waals surface area contributed by atoms with Crippen molar-refractivity contribution in [3.05, 3.63) is 65.0 Å². The maximum absolute atomic E-state index is 13.7. The molecule has 0 aliphatic heterocycles. The van der Waals surface area contributed by atoms with E-state index in [1.807, 2.05) is 56.3 Å². The molecule has 0 saturated heterocycles. The summed E-state index contributed by atoms with van der Waals surface area (Å²) in [6, 6.07) is 12.9. The highest BCUT2D eigenvalue weighted by Crippen LogP contribution is 2.13. The van der Waals surface area contributed by atoms with Crippen LogP contribution in [0.5, 0.6) is 0 Å². The van der Waals surface area contributed by atoms with Crippen LogP contribution in [0.3, 0.4) is 0 Å². The van der Waals surface area contributed by atoms with E-state index in [-0.39, 0.29) is 5.82 Å². The molecule has 122 valence electrons. The number of nitrogens with one attached hydrogen (secondary N) is 1. The van der Waals surface area contributed by atoms with Crippen LogP contribution in [0.1, 0.15) is 16.7 Å². The average molecular weight is 314 g/mol. The van der Waals surface area contributed by atoms with E-state index in [2.05, 4.69) is 10.3 Å². The molecule has 3 N–H and O–H groups in total.